The van der Waals surface area contributed by atoms with E-state index in [1.807, 2.05) is 6.07 Å². The van der Waals surface area contributed by atoms with Gasteiger partial charge >= 0.3 is 6.09 Å². The van der Waals surface area contributed by atoms with E-state index in [1.165, 1.54) is 4.90 Å². The fraction of sp³-hybridized carbons (Fsp3) is 0.333. The van der Waals surface area contributed by atoms with Crippen molar-refractivity contribution in [2.75, 3.05) is 24.7 Å². The number of carbonyl (C=O) groups is 1. The Hall–Kier alpha value is -2.42. The van der Waals surface area contributed by atoms with Crippen LogP contribution in [0.3, 0.4) is 0 Å². The molecule has 92 valence electrons. The molecule has 1 aromatic carbocycles. The monoisotopic (exact) mass is 246 g/mol. The van der Waals surface area contributed by atoms with E-state index >= 15 is 0 Å². The highest BCUT2D eigenvalue weighted by molar-refractivity contribution is 5.90. The van der Waals surface area contributed by atoms with Crippen LogP contribution in [0.15, 0.2) is 18.2 Å². The zero-order chi connectivity index (χ0) is 12.5. The van der Waals surface area contributed by atoms with Crippen LogP contribution in [-0.2, 0) is 4.74 Å². The molecule has 1 atom stereocenters. The van der Waals surface area contributed by atoms with Crippen LogP contribution in [0, 0.1) is 11.3 Å². The lowest BCUT2D eigenvalue weighted by atomic mass is 10.2. The molecule has 0 radical (unpaired) electrons. The van der Waals surface area contributed by atoms with Crippen molar-refractivity contribution in [3.63, 3.8) is 0 Å². The normalized spacial score (nSPS) is 21.4. The second-order valence-corrected chi connectivity index (χ2v) is 3.94. The maximum Gasteiger partial charge on any atom is 0.415 e. The average Bonchev–Trinajstić information content (AvgIpc) is 2.79. The average molecular weight is 246 g/mol. The molecule has 1 fully saturated rings. The van der Waals surface area contributed by atoms with E-state index in [0.717, 1.165) is 0 Å². The number of anilines is 1. The van der Waals surface area contributed by atoms with Gasteiger partial charge in [-0.2, -0.15) is 5.26 Å². The first-order chi connectivity index (χ1) is 8.78. The molecule has 2 aliphatic heterocycles. The third kappa shape index (κ3) is 1.70. The van der Waals surface area contributed by atoms with Crippen LogP contribution in [-0.4, -0.2) is 32.0 Å². The highest BCUT2D eigenvalue weighted by Crippen LogP contribution is 2.35. The summed E-state index contributed by atoms with van der Waals surface area (Å²) in [6.07, 6.45) is -1.23. The van der Waals surface area contributed by atoms with Gasteiger partial charge in [0.25, 0.3) is 0 Å². The summed E-state index contributed by atoms with van der Waals surface area (Å²) < 4.78 is 15.7. The quantitative estimate of drug-likeness (QED) is 0.747. The Morgan fingerprint density at radius 1 is 1.28 bits per heavy atom. The van der Waals surface area contributed by atoms with Crippen LogP contribution in [0.25, 0.3) is 0 Å². The highest BCUT2D eigenvalue weighted by atomic mass is 16.6. The number of cyclic esters (lactones) is 1. The molecule has 1 aromatic rings. The molecule has 3 rings (SSSR count). The second kappa shape index (κ2) is 4.11. The van der Waals surface area contributed by atoms with Crippen molar-refractivity contribution in [1.29, 1.82) is 5.26 Å². The van der Waals surface area contributed by atoms with Crippen molar-refractivity contribution in [2.45, 2.75) is 6.10 Å². The van der Waals surface area contributed by atoms with Crippen LogP contribution in [0.2, 0.25) is 0 Å². The van der Waals surface area contributed by atoms with Gasteiger partial charge in [0.2, 0.25) is 6.10 Å². The number of rotatable bonds is 1. The van der Waals surface area contributed by atoms with Crippen molar-refractivity contribution < 1.29 is 19.0 Å². The Bertz CT molecular complexity index is 537. The number of ether oxygens (including phenoxy) is 3. The molecule has 0 N–H and O–H groups in total. The van der Waals surface area contributed by atoms with Gasteiger partial charge in [0.1, 0.15) is 19.3 Å². The number of hydrogen-bond acceptors (Lipinski definition) is 5. The third-order valence-electron chi connectivity index (χ3n) is 2.79. The van der Waals surface area contributed by atoms with Crippen LogP contribution in [0.4, 0.5) is 10.5 Å². The first kappa shape index (κ1) is 10.7. The summed E-state index contributed by atoms with van der Waals surface area (Å²) in [4.78, 5) is 13.0. The zero-order valence-corrected chi connectivity index (χ0v) is 9.46. The van der Waals surface area contributed by atoms with E-state index in [-0.39, 0.29) is 6.54 Å². The van der Waals surface area contributed by atoms with Gasteiger partial charge < -0.3 is 14.2 Å². The van der Waals surface area contributed by atoms with Crippen molar-refractivity contribution in [2.24, 2.45) is 0 Å². The Labute approximate surface area is 103 Å². The molecule has 0 saturated carbocycles. The lowest BCUT2D eigenvalue weighted by Crippen LogP contribution is -2.24. The molecular weight excluding hydrogens is 236 g/mol. The highest BCUT2D eigenvalue weighted by Gasteiger charge is 2.32. The molecule has 0 aromatic heterocycles. The Kier molecular flexibility index (Phi) is 2.45. The molecule has 6 heteroatoms. The summed E-state index contributed by atoms with van der Waals surface area (Å²) in [5.41, 5.74) is 0.641. The first-order valence-corrected chi connectivity index (χ1v) is 5.55. The number of nitrogens with zero attached hydrogens (tertiary/aromatic N) is 2. The summed E-state index contributed by atoms with van der Waals surface area (Å²) >= 11 is 0. The minimum Gasteiger partial charge on any atom is -0.486 e. The SMILES string of the molecule is N#CC1CN(c2ccc3c(c2)OCCO3)C(=O)O1. The Morgan fingerprint density at radius 3 is 2.78 bits per heavy atom. The molecular formula is C12H10N2O4. The molecule has 6 nitrogen and oxygen atoms in total. The van der Waals surface area contributed by atoms with E-state index in [0.29, 0.717) is 30.4 Å². The van der Waals surface area contributed by atoms with Crippen LogP contribution >= 0.6 is 0 Å². The van der Waals surface area contributed by atoms with Gasteiger partial charge in [-0.25, -0.2) is 4.79 Å². The predicted octanol–water partition coefficient (Wildman–Crippen LogP) is 1.31. The summed E-state index contributed by atoms with van der Waals surface area (Å²) in [5, 5.41) is 8.74. The molecule has 2 aliphatic rings. The standard InChI is InChI=1S/C12H10N2O4/c13-6-9-7-14(12(15)18-9)8-1-2-10-11(5-8)17-4-3-16-10/h1-2,5,9H,3-4,7H2. The van der Waals surface area contributed by atoms with Gasteiger partial charge in [-0.05, 0) is 12.1 Å². The number of benzene rings is 1. The van der Waals surface area contributed by atoms with Crippen molar-refractivity contribution in [3.8, 4) is 17.6 Å². The summed E-state index contributed by atoms with van der Waals surface area (Å²) in [5.74, 6) is 1.27. The first-order valence-electron chi connectivity index (χ1n) is 5.55. The van der Waals surface area contributed by atoms with Crippen LogP contribution in [0.5, 0.6) is 11.5 Å². The van der Waals surface area contributed by atoms with Gasteiger partial charge in [0.15, 0.2) is 11.5 Å². The largest absolute Gasteiger partial charge is 0.486 e. The van der Waals surface area contributed by atoms with E-state index in [2.05, 4.69) is 0 Å². The van der Waals surface area contributed by atoms with E-state index < -0.39 is 12.2 Å². The van der Waals surface area contributed by atoms with Gasteiger partial charge in [-0.1, -0.05) is 0 Å². The lowest BCUT2D eigenvalue weighted by Gasteiger charge is -2.20. The van der Waals surface area contributed by atoms with E-state index in [4.69, 9.17) is 19.5 Å². The van der Waals surface area contributed by atoms with Crippen molar-refractivity contribution >= 4 is 11.8 Å². The molecule has 1 amide bonds. The fourth-order valence-corrected chi connectivity index (χ4v) is 1.94. The molecule has 2 heterocycles. The second-order valence-electron chi connectivity index (χ2n) is 3.94. The zero-order valence-electron chi connectivity index (χ0n) is 9.46. The van der Waals surface area contributed by atoms with Gasteiger partial charge in [-0.3, -0.25) is 4.90 Å². The smallest absolute Gasteiger partial charge is 0.415 e. The Balaban J connectivity index is 1.89. The van der Waals surface area contributed by atoms with Crippen LogP contribution in [0.1, 0.15) is 0 Å². The number of nitriles is 1. The minimum absolute atomic E-state index is 0.231. The van der Waals surface area contributed by atoms with Gasteiger partial charge in [-0.15, -0.1) is 0 Å². The molecule has 18 heavy (non-hydrogen) atoms. The number of fused-ring (bicyclic) bond motifs is 1. The maximum absolute atomic E-state index is 11.6. The summed E-state index contributed by atoms with van der Waals surface area (Å²) in [6.45, 7) is 1.24. The van der Waals surface area contributed by atoms with Gasteiger partial charge in [0.05, 0.1) is 12.2 Å². The Morgan fingerprint density at radius 2 is 2.06 bits per heavy atom. The molecule has 0 aliphatic carbocycles. The maximum atomic E-state index is 11.6. The number of hydrogen-bond donors (Lipinski definition) is 0. The molecule has 1 unspecified atom stereocenters. The van der Waals surface area contributed by atoms with Crippen molar-refractivity contribution in [3.05, 3.63) is 18.2 Å². The minimum atomic E-state index is -0.717. The van der Waals surface area contributed by atoms with Crippen molar-refractivity contribution in [1.82, 2.24) is 0 Å². The summed E-state index contributed by atoms with van der Waals surface area (Å²) in [6, 6.07) is 7.12. The number of amides is 1. The van der Waals surface area contributed by atoms with Gasteiger partial charge in [0, 0.05) is 6.07 Å². The van der Waals surface area contributed by atoms with E-state index in [1.54, 1.807) is 18.2 Å². The summed E-state index contributed by atoms with van der Waals surface area (Å²) in [7, 11) is 0. The third-order valence-corrected chi connectivity index (χ3v) is 2.79. The number of carbonyl (C=O) groups excluding carboxylic acids is 1. The van der Waals surface area contributed by atoms with Crippen LogP contribution < -0.4 is 14.4 Å². The topological polar surface area (TPSA) is 71.8 Å². The molecule has 1 saturated heterocycles. The van der Waals surface area contributed by atoms with E-state index in [9.17, 15) is 4.79 Å². The molecule has 0 spiro atoms. The molecule has 0 bridgehead atoms. The predicted molar refractivity (Wildman–Crippen MR) is 60.7 cm³/mol. The lowest BCUT2D eigenvalue weighted by molar-refractivity contribution is 0.162. The fourth-order valence-electron chi connectivity index (χ4n) is 1.94.